The van der Waals surface area contributed by atoms with E-state index in [9.17, 15) is 14.4 Å². The van der Waals surface area contributed by atoms with Gasteiger partial charge in [0.1, 0.15) is 12.6 Å². The van der Waals surface area contributed by atoms with Crippen LogP contribution in [-0.2, 0) is 19.2 Å². The molecule has 32 heavy (non-hydrogen) atoms. The molecule has 0 spiro atoms. The van der Waals surface area contributed by atoms with Gasteiger partial charge in [0, 0.05) is 5.92 Å². The minimum Gasteiger partial charge on any atom is -0.479 e. The first kappa shape index (κ1) is 23.3. The molecule has 0 bridgehead atoms. The van der Waals surface area contributed by atoms with E-state index in [0.717, 1.165) is 22.3 Å². The molecule has 0 aromatic heterocycles. The number of hydroxylamine groups is 1. The van der Waals surface area contributed by atoms with Gasteiger partial charge in [0.25, 0.3) is 5.91 Å². The monoisotopic (exact) mass is 440 g/mol. The van der Waals surface area contributed by atoms with Crippen LogP contribution in [0.5, 0.6) is 0 Å². The molecule has 1 unspecified atom stereocenters. The van der Waals surface area contributed by atoms with Crippen LogP contribution in [0.3, 0.4) is 0 Å². The molecule has 8 nitrogen and oxygen atoms in total. The van der Waals surface area contributed by atoms with Crippen LogP contribution >= 0.6 is 0 Å². The lowest BCUT2D eigenvalue weighted by Crippen LogP contribution is -2.48. The summed E-state index contributed by atoms with van der Waals surface area (Å²) in [6, 6.07) is 15.1. The topological polar surface area (TPSA) is 114 Å². The molecule has 2 atom stereocenters. The Morgan fingerprint density at radius 1 is 0.969 bits per heavy atom. The Morgan fingerprint density at radius 2 is 1.53 bits per heavy atom. The molecular formula is C24H28N2O6. The SMILES string of the molecule is CC(C)C[C@@H](NC(=O)OCC1c2ccccc2-c2ccccc21)C(=O)NOC(C)C(=O)O. The first-order chi connectivity index (χ1) is 15.3. The van der Waals surface area contributed by atoms with Gasteiger partial charge in [0.05, 0.1) is 0 Å². The molecule has 2 amide bonds. The maximum Gasteiger partial charge on any atom is 0.407 e. The molecule has 2 aromatic carbocycles. The number of nitrogens with one attached hydrogen (secondary N) is 2. The Kier molecular flexibility index (Phi) is 7.48. The quantitative estimate of drug-likeness (QED) is 0.515. The third-order valence-corrected chi connectivity index (χ3v) is 5.34. The number of amides is 2. The normalized spacial score (nSPS) is 14.2. The number of hydrogen-bond donors (Lipinski definition) is 3. The van der Waals surface area contributed by atoms with Gasteiger partial charge in [0.15, 0.2) is 6.10 Å². The molecule has 2 aromatic rings. The molecule has 0 aliphatic heterocycles. The van der Waals surface area contributed by atoms with Crippen molar-refractivity contribution >= 4 is 18.0 Å². The molecule has 0 saturated carbocycles. The lowest BCUT2D eigenvalue weighted by atomic mass is 9.98. The summed E-state index contributed by atoms with van der Waals surface area (Å²) in [4.78, 5) is 40.6. The fraction of sp³-hybridized carbons (Fsp3) is 0.375. The van der Waals surface area contributed by atoms with Gasteiger partial charge in [0.2, 0.25) is 0 Å². The van der Waals surface area contributed by atoms with Gasteiger partial charge >= 0.3 is 12.1 Å². The van der Waals surface area contributed by atoms with Gasteiger partial charge in [-0.2, -0.15) is 0 Å². The Morgan fingerprint density at radius 3 is 2.06 bits per heavy atom. The lowest BCUT2D eigenvalue weighted by molar-refractivity contribution is -0.159. The van der Waals surface area contributed by atoms with Crippen LogP contribution in [0.25, 0.3) is 11.1 Å². The Labute approximate surface area is 186 Å². The second-order valence-electron chi connectivity index (χ2n) is 8.22. The molecule has 8 heteroatoms. The zero-order valence-electron chi connectivity index (χ0n) is 18.3. The Balaban J connectivity index is 1.63. The van der Waals surface area contributed by atoms with Gasteiger partial charge in [-0.3, -0.25) is 9.63 Å². The smallest absolute Gasteiger partial charge is 0.407 e. The summed E-state index contributed by atoms with van der Waals surface area (Å²) >= 11 is 0. The van der Waals surface area contributed by atoms with Gasteiger partial charge in [-0.15, -0.1) is 0 Å². The van der Waals surface area contributed by atoms with Gasteiger partial charge in [-0.25, -0.2) is 15.1 Å². The number of rotatable bonds is 9. The fourth-order valence-electron chi connectivity index (χ4n) is 3.75. The number of carboxylic acids is 1. The second kappa shape index (κ2) is 10.3. The van der Waals surface area contributed by atoms with E-state index >= 15 is 0 Å². The molecule has 3 N–H and O–H groups in total. The van der Waals surface area contributed by atoms with Crippen molar-refractivity contribution < 1.29 is 29.1 Å². The van der Waals surface area contributed by atoms with Gasteiger partial charge < -0.3 is 15.2 Å². The van der Waals surface area contributed by atoms with Crippen molar-refractivity contribution in [1.82, 2.24) is 10.8 Å². The van der Waals surface area contributed by atoms with Crippen LogP contribution in [0.1, 0.15) is 44.2 Å². The van der Waals surface area contributed by atoms with E-state index in [1.807, 2.05) is 50.2 Å². The number of carbonyl (C=O) groups is 3. The maximum atomic E-state index is 12.5. The molecule has 170 valence electrons. The Bertz CT molecular complexity index is 944. The number of benzene rings is 2. The molecular weight excluding hydrogens is 412 g/mol. The molecule has 0 heterocycles. The summed E-state index contributed by atoms with van der Waals surface area (Å²) in [5, 5.41) is 11.4. The molecule has 1 aliphatic carbocycles. The van der Waals surface area contributed by atoms with Crippen molar-refractivity contribution in [3.63, 3.8) is 0 Å². The minimum absolute atomic E-state index is 0.0923. The highest BCUT2D eigenvalue weighted by Gasteiger charge is 2.30. The van der Waals surface area contributed by atoms with Crippen LogP contribution in [0.15, 0.2) is 48.5 Å². The number of carbonyl (C=O) groups excluding carboxylic acids is 2. The predicted molar refractivity (Wildman–Crippen MR) is 118 cm³/mol. The number of hydrogen-bond acceptors (Lipinski definition) is 5. The third kappa shape index (κ3) is 5.45. The van der Waals surface area contributed by atoms with E-state index in [1.54, 1.807) is 0 Å². The summed E-state index contributed by atoms with van der Waals surface area (Å²) in [6.07, 6.45) is -1.60. The van der Waals surface area contributed by atoms with Crippen LogP contribution in [0, 0.1) is 5.92 Å². The predicted octanol–water partition coefficient (Wildman–Crippen LogP) is 3.46. The van der Waals surface area contributed by atoms with Crippen LogP contribution < -0.4 is 10.8 Å². The summed E-state index contributed by atoms with van der Waals surface area (Å²) in [5.41, 5.74) is 6.54. The lowest BCUT2D eigenvalue weighted by Gasteiger charge is -2.21. The average Bonchev–Trinajstić information content (AvgIpc) is 3.08. The van der Waals surface area contributed by atoms with Crippen LogP contribution in [-0.4, -0.2) is 41.8 Å². The fourth-order valence-corrected chi connectivity index (χ4v) is 3.75. The number of alkyl carbamates (subject to hydrolysis) is 1. The zero-order valence-corrected chi connectivity index (χ0v) is 18.3. The van der Waals surface area contributed by atoms with Crippen molar-refractivity contribution in [3.05, 3.63) is 59.7 Å². The average molecular weight is 440 g/mol. The van der Waals surface area contributed by atoms with E-state index in [-0.39, 0.29) is 18.4 Å². The van der Waals surface area contributed by atoms with Gasteiger partial charge in [-0.1, -0.05) is 62.4 Å². The van der Waals surface area contributed by atoms with Crippen LogP contribution in [0.2, 0.25) is 0 Å². The van der Waals surface area contributed by atoms with Gasteiger partial charge in [-0.05, 0) is 41.5 Å². The van der Waals surface area contributed by atoms with Crippen molar-refractivity contribution in [1.29, 1.82) is 0 Å². The first-order valence-electron chi connectivity index (χ1n) is 10.6. The maximum absolute atomic E-state index is 12.5. The molecule has 1 aliphatic rings. The highest BCUT2D eigenvalue weighted by Crippen LogP contribution is 2.44. The van der Waals surface area contributed by atoms with Crippen molar-refractivity contribution in [3.8, 4) is 11.1 Å². The summed E-state index contributed by atoms with van der Waals surface area (Å²) in [6.45, 7) is 5.22. The third-order valence-electron chi connectivity index (χ3n) is 5.34. The van der Waals surface area contributed by atoms with E-state index in [1.165, 1.54) is 6.92 Å². The number of ether oxygens (including phenoxy) is 1. The molecule has 3 rings (SSSR count). The second-order valence-corrected chi connectivity index (χ2v) is 8.22. The Hall–Kier alpha value is -3.39. The highest BCUT2D eigenvalue weighted by molar-refractivity contribution is 5.85. The number of fused-ring (bicyclic) bond motifs is 3. The minimum atomic E-state index is -1.21. The first-order valence-corrected chi connectivity index (χ1v) is 10.6. The van der Waals surface area contributed by atoms with E-state index < -0.39 is 30.1 Å². The van der Waals surface area contributed by atoms with Crippen molar-refractivity contribution in [2.45, 2.75) is 45.3 Å². The largest absolute Gasteiger partial charge is 0.479 e. The van der Waals surface area contributed by atoms with E-state index in [0.29, 0.717) is 6.42 Å². The molecule has 0 fully saturated rings. The molecule has 0 saturated heterocycles. The van der Waals surface area contributed by atoms with Crippen LogP contribution in [0.4, 0.5) is 4.79 Å². The van der Waals surface area contributed by atoms with Crippen molar-refractivity contribution in [2.75, 3.05) is 6.61 Å². The van der Waals surface area contributed by atoms with E-state index in [2.05, 4.69) is 22.9 Å². The zero-order chi connectivity index (χ0) is 23.3. The summed E-state index contributed by atoms with van der Waals surface area (Å²) in [5.74, 6) is -1.85. The number of aliphatic carboxylic acids is 1. The van der Waals surface area contributed by atoms with Crippen molar-refractivity contribution in [2.24, 2.45) is 5.92 Å². The standard InChI is InChI=1S/C24H28N2O6/c1-14(2)12-21(22(27)26-32-15(3)23(28)29)25-24(30)31-13-20-18-10-6-4-8-16(18)17-9-5-7-11-19(17)20/h4-11,14-15,20-21H,12-13H2,1-3H3,(H,25,30)(H,26,27)(H,28,29)/t15?,21-/m1/s1. The summed E-state index contributed by atoms with van der Waals surface area (Å²) < 4.78 is 5.50. The van der Waals surface area contributed by atoms with E-state index in [4.69, 9.17) is 14.7 Å². The highest BCUT2D eigenvalue weighted by atomic mass is 16.7. The molecule has 0 radical (unpaired) electrons. The summed E-state index contributed by atoms with van der Waals surface area (Å²) in [7, 11) is 0. The number of carboxylic acid groups (broad SMARTS) is 1.